The summed E-state index contributed by atoms with van der Waals surface area (Å²) in [5.41, 5.74) is 2.05. The van der Waals surface area contributed by atoms with Gasteiger partial charge in [0.1, 0.15) is 0 Å². The number of halogens is 1. The molecule has 0 spiro atoms. The van der Waals surface area contributed by atoms with Gasteiger partial charge in [-0.2, -0.15) is 0 Å². The molecule has 2 heterocycles. The molecular formula is C18H21ClN2O2. The maximum Gasteiger partial charge on any atom is 0.292 e. The Morgan fingerprint density at radius 2 is 2.09 bits per heavy atom. The van der Waals surface area contributed by atoms with E-state index in [1.165, 1.54) is 5.56 Å². The summed E-state index contributed by atoms with van der Waals surface area (Å²) in [7, 11) is 0. The first-order chi connectivity index (χ1) is 11.0. The minimum Gasteiger partial charge on any atom is -0.351 e. The first kappa shape index (κ1) is 16.1. The van der Waals surface area contributed by atoms with E-state index in [9.17, 15) is 4.79 Å². The van der Waals surface area contributed by atoms with Gasteiger partial charge in [-0.15, -0.1) is 0 Å². The molecule has 0 radical (unpaired) electrons. The van der Waals surface area contributed by atoms with E-state index in [-0.39, 0.29) is 11.8 Å². The molecule has 0 N–H and O–H groups in total. The number of aromatic nitrogens is 1. The van der Waals surface area contributed by atoms with Crippen LogP contribution in [-0.2, 0) is 0 Å². The lowest BCUT2D eigenvalue weighted by molar-refractivity contribution is 0.0665. The van der Waals surface area contributed by atoms with E-state index in [1.54, 1.807) is 6.07 Å². The fraction of sp³-hybridized carbons (Fsp3) is 0.444. The second kappa shape index (κ2) is 6.75. The van der Waals surface area contributed by atoms with Crippen molar-refractivity contribution < 1.29 is 9.32 Å². The molecular weight excluding hydrogens is 312 g/mol. The molecule has 1 aliphatic heterocycles. The van der Waals surface area contributed by atoms with Crippen molar-refractivity contribution in [2.45, 2.75) is 38.5 Å². The van der Waals surface area contributed by atoms with Gasteiger partial charge in [0.15, 0.2) is 0 Å². The first-order valence-electron chi connectivity index (χ1n) is 8.06. The normalized spacial score (nSPS) is 18.4. The number of hydrogen-bond donors (Lipinski definition) is 0. The Kier molecular flexibility index (Phi) is 4.71. The molecule has 1 aliphatic rings. The monoisotopic (exact) mass is 332 g/mol. The van der Waals surface area contributed by atoms with Crippen LogP contribution in [0.1, 0.15) is 60.3 Å². The van der Waals surface area contributed by atoms with Gasteiger partial charge >= 0.3 is 0 Å². The smallest absolute Gasteiger partial charge is 0.292 e. The lowest BCUT2D eigenvalue weighted by Crippen LogP contribution is -2.39. The Morgan fingerprint density at radius 1 is 1.35 bits per heavy atom. The summed E-state index contributed by atoms with van der Waals surface area (Å²) < 4.78 is 5.24. The van der Waals surface area contributed by atoms with E-state index in [0.717, 1.165) is 30.1 Å². The predicted octanol–water partition coefficient (Wildman–Crippen LogP) is 4.47. The van der Waals surface area contributed by atoms with Crippen LogP contribution in [0.25, 0.3) is 0 Å². The van der Waals surface area contributed by atoms with E-state index in [4.69, 9.17) is 16.1 Å². The molecule has 122 valence electrons. The van der Waals surface area contributed by atoms with Gasteiger partial charge in [-0.05, 0) is 36.5 Å². The zero-order valence-corrected chi connectivity index (χ0v) is 14.2. The molecule has 1 aromatic carbocycles. The summed E-state index contributed by atoms with van der Waals surface area (Å²) in [6.07, 6.45) is 2.07. The summed E-state index contributed by atoms with van der Waals surface area (Å²) in [5, 5.41) is 4.72. The van der Waals surface area contributed by atoms with Gasteiger partial charge in [0.25, 0.3) is 5.91 Å². The first-order valence-corrected chi connectivity index (χ1v) is 8.43. The Bertz CT molecular complexity index is 679. The van der Waals surface area contributed by atoms with Gasteiger partial charge in [0.2, 0.25) is 5.76 Å². The number of nitrogens with zero attached hydrogens (tertiary/aromatic N) is 2. The van der Waals surface area contributed by atoms with E-state index in [2.05, 4.69) is 5.16 Å². The van der Waals surface area contributed by atoms with Crippen LogP contribution in [0.4, 0.5) is 0 Å². The maximum atomic E-state index is 12.6. The van der Waals surface area contributed by atoms with Gasteiger partial charge in [-0.3, -0.25) is 4.79 Å². The molecule has 0 unspecified atom stereocenters. The third-order valence-corrected chi connectivity index (χ3v) is 4.63. The van der Waals surface area contributed by atoms with Crippen molar-refractivity contribution in [2.75, 3.05) is 13.1 Å². The van der Waals surface area contributed by atoms with Crippen molar-refractivity contribution in [1.82, 2.24) is 10.1 Å². The van der Waals surface area contributed by atoms with Crippen LogP contribution < -0.4 is 0 Å². The Labute approximate surface area is 141 Å². The molecule has 5 heteroatoms. The third kappa shape index (κ3) is 3.58. The molecule has 0 aliphatic carbocycles. The van der Waals surface area contributed by atoms with Crippen molar-refractivity contribution in [1.29, 1.82) is 0 Å². The van der Waals surface area contributed by atoms with Crippen molar-refractivity contribution >= 4 is 17.5 Å². The molecule has 1 saturated heterocycles. The Balaban J connectivity index is 1.72. The standard InChI is InChI=1S/C18H21ClN2O2/c1-12(2)16-10-17(23-20-16)18(22)21-9-3-4-14(11-21)13-5-7-15(19)8-6-13/h5-8,10,12,14H,3-4,9,11H2,1-2H3/t14-/m0/s1. The Morgan fingerprint density at radius 3 is 2.74 bits per heavy atom. The van der Waals surface area contributed by atoms with Crippen LogP contribution >= 0.6 is 11.6 Å². The van der Waals surface area contributed by atoms with Gasteiger partial charge in [-0.1, -0.05) is 42.7 Å². The van der Waals surface area contributed by atoms with E-state index >= 15 is 0 Å². The van der Waals surface area contributed by atoms with Crippen LogP contribution in [0.5, 0.6) is 0 Å². The Hall–Kier alpha value is -1.81. The van der Waals surface area contributed by atoms with Crippen LogP contribution in [0.15, 0.2) is 34.9 Å². The van der Waals surface area contributed by atoms with E-state index in [0.29, 0.717) is 18.2 Å². The quantitative estimate of drug-likeness (QED) is 0.833. The maximum absolute atomic E-state index is 12.6. The number of rotatable bonds is 3. The SMILES string of the molecule is CC(C)c1cc(C(=O)N2CCC[C@H](c3ccc(Cl)cc3)C2)on1. The largest absolute Gasteiger partial charge is 0.351 e. The van der Waals surface area contributed by atoms with E-state index < -0.39 is 0 Å². The van der Waals surface area contributed by atoms with Crippen LogP contribution in [0.2, 0.25) is 5.02 Å². The fourth-order valence-corrected chi connectivity index (χ4v) is 3.11. The summed E-state index contributed by atoms with van der Waals surface area (Å²) >= 11 is 5.95. The number of likely N-dealkylation sites (tertiary alicyclic amines) is 1. The molecule has 0 bridgehead atoms. The number of hydrogen-bond acceptors (Lipinski definition) is 3. The summed E-state index contributed by atoms with van der Waals surface area (Å²) in [5.74, 6) is 0.870. The van der Waals surface area contributed by atoms with Gasteiger partial charge in [-0.25, -0.2) is 0 Å². The highest BCUT2D eigenvalue weighted by molar-refractivity contribution is 6.30. The van der Waals surface area contributed by atoms with Gasteiger partial charge < -0.3 is 9.42 Å². The summed E-state index contributed by atoms with van der Waals surface area (Å²) in [6.45, 7) is 5.53. The molecule has 3 rings (SSSR count). The van der Waals surface area contributed by atoms with Crippen LogP contribution in [0.3, 0.4) is 0 Å². The predicted molar refractivity (Wildman–Crippen MR) is 89.9 cm³/mol. The zero-order valence-electron chi connectivity index (χ0n) is 13.5. The molecule has 1 aromatic heterocycles. The highest BCUT2D eigenvalue weighted by atomic mass is 35.5. The second-order valence-corrected chi connectivity index (χ2v) is 6.85. The summed E-state index contributed by atoms with van der Waals surface area (Å²) in [4.78, 5) is 14.5. The lowest BCUT2D eigenvalue weighted by atomic mass is 9.90. The fourth-order valence-electron chi connectivity index (χ4n) is 2.99. The van der Waals surface area contributed by atoms with Crippen LogP contribution in [0, 0.1) is 0 Å². The van der Waals surface area contributed by atoms with Crippen molar-refractivity contribution in [3.63, 3.8) is 0 Å². The number of carbonyl (C=O) groups is 1. The summed E-state index contributed by atoms with van der Waals surface area (Å²) in [6, 6.07) is 9.67. The average molecular weight is 333 g/mol. The minimum absolute atomic E-state index is 0.0666. The number of carbonyl (C=O) groups excluding carboxylic acids is 1. The number of amides is 1. The molecule has 0 saturated carbocycles. The van der Waals surface area contributed by atoms with Gasteiger partial charge in [0, 0.05) is 30.1 Å². The molecule has 1 fully saturated rings. The van der Waals surface area contributed by atoms with Gasteiger partial charge in [0.05, 0.1) is 5.69 Å². The topological polar surface area (TPSA) is 46.3 Å². The number of benzene rings is 1. The van der Waals surface area contributed by atoms with Crippen LogP contribution in [-0.4, -0.2) is 29.1 Å². The minimum atomic E-state index is -0.0666. The molecule has 1 amide bonds. The van der Waals surface area contributed by atoms with Crippen molar-refractivity contribution in [3.8, 4) is 0 Å². The van der Waals surface area contributed by atoms with Crippen molar-refractivity contribution in [3.05, 3.63) is 52.4 Å². The number of piperidine rings is 1. The average Bonchev–Trinajstić information content (AvgIpc) is 3.05. The molecule has 23 heavy (non-hydrogen) atoms. The highest BCUT2D eigenvalue weighted by Gasteiger charge is 2.27. The molecule has 1 atom stereocenters. The molecule has 2 aromatic rings. The lowest BCUT2D eigenvalue weighted by Gasteiger charge is -2.32. The van der Waals surface area contributed by atoms with E-state index in [1.807, 2.05) is 43.0 Å². The molecule has 4 nitrogen and oxygen atoms in total. The van der Waals surface area contributed by atoms with Crippen molar-refractivity contribution in [2.24, 2.45) is 0 Å². The second-order valence-electron chi connectivity index (χ2n) is 6.41. The zero-order chi connectivity index (χ0) is 16.4. The highest BCUT2D eigenvalue weighted by Crippen LogP contribution is 2.29. The third-order valence-electron chi connectivity index (χ3n) is 4.38.